The molecule has 0 rings (SSSR count). The Morgan fingerprint density at radius 1 is 0.625 bits per heavy atom. The Morgan fingerprint density at radius 2 is 0.625 bits per heavy atom. The van der Waals surface area contributed by atoms with Crippen LogP contribution in [0.2, 0.25) is 0 Å². The third-order valence-electron chi connectivity index (χ3n) is 0. The lowest BCUT2D eigenvalue weighted by Crippen LogP contribution is -1.78. The number of hydrogen-bond donors (Lipinski definition) is 3. The fourth-order valence-electron chi connectivity index (χ4n) is 0. The van der Waals surface area contributed by atoms with E-state index in [0.29, 0.717) is 0 Å². The summed E-state index contributed by atoms with van der Waals surface area (Å²) in [6.45, 7) is 0. The van der Waals surface area contributed by atoms with Gasteiger partial charge in [-0.25, -0.2) is 0 Å². The van der Waals surface area contributed by atoms with E-state index in [2.05, 4.69) is 11.7 Å². The Morgan fingerprint density at radius 3 is 0.625 bits per heavy atom. The second-order valence-electron chi connectivity index (χ2n) is 0.448. The van der Waals surface area contributed by atoms with Gasteiger partial charge in [0.15, 0.2) is 0 Å². The number of thiol groups is 1. The summed E-state index contributed by atoms with van der Waals surface area (Å²) in [4.78, 5) is 0. The van der Waals surface area contributed by atoms with Crippen LogP contribution in [-0.2, 0) is 9.15 Å². The molecule has 0 unspecified atom stereocenters. The van der Waals surface area contributed by atoms with Crippen LogP contribution in [0.25, 0.3) is 0 Å². The maximum atomic E-state index is 9.05. The van der Waals surface area contributed by atoms with Gasteiger partial charge in [0.25, 0.3) is 0 Å². The molecule has 0 fully saturated rings. The minimum atomic E-state index is -3.97. The molecule has 120 valence electrons. The molecule has 0 aromatic heterocycles. The summed E-state index contributed by atoms with van der Waals surface area (Å²) >= 11 is 2.65. The predicted molar refractivity (Wildman–Crippen MR) is 61.7 cm³/mol. The topological polar surface area (TPSA) is 404 Å². The van der Waals surface area contributed by atoms with Gasteiger partial charge in [-0.05, 0) is 11.7 Å². The van der Waals surface area contributed by atoms with Gasteiger partial charge in [-0.2, -0.15) is 8.42 Å². The van der Waals surface area contributed by atoms with Crippen molar-refractivity contribution in [2.24, 2.45) is 0 Å². The molecule has 0 amide bonds. The Kier molecular flexibility index (Phi) is 1240. The van der Waals surface area contributed by atoms with Crippen molar-refractivity contribution in [2.45, 2.75) is 0 Å². The first kappa shape index (κ1) is 238. The molecule has 16 heteroatoms. The number of rotatable bonds is 0. The highest BCUT2D eigenvalue weighted by molar-refractivity contribution is 8.61. The van der Waals surface area contributed by atoms with Crippen LogP contribution in [0.5, 0.6) is 0 Å². The molecule has 14 nitrogen and oxygen atoms in total. The van der Waals surface area contributed by atoms with Gasteiger partial charge in [-0.1, -0.05) is 0 Å². The monoisotopic (exact) mass is 311 g/mol. The van der Waals surface area contributed by atoms with Crippen molar-refractivity contribution in [2.75, 3.05) is 0 Å². The molecule has 0 heterocycles. The van der Waals surface area contributed by atoms with Crippen molar-refractivity contribution in [3.05, 3.63) is 0 Å². The summed E-state index contributed by atoms with van der Waals surface area (Å²) in [5.74, 6) is 0. The van der Waals surface area contributed by atoms with Crippen molar-refractivity contribution in [3.63, 3.8) is 0 Å². The van der Waals surface area contributed by atoms with Gasteiger partial charge in [-0.15, -0.1) is 0 Å². The lowest BCUT2D eigenvalue weighted by atomic mass is 14.0. The van der Waals surface area contributed by atoms with Crippen LogP contribution >= 0.6 is 11.7 Å². The van der Waals surface area contributed by atoms with E-state index >= 15 is 0 Å². The SMILES string of the molecule is N.O.O.O.O.O.O.O.O.O.O.O=S(=O)(O)S. The maximum absolute atomic E-state index is 9.05. The van der Waals surface area contributed by atoms with Crippen molar-refractivity contribution in [3.8, 4) is 0 Å². The van der Waals surface area contributed by atoms with Crippen molar-refractivity contribution in [1.82, 2.24) is 6.15 Å². The Hall–Kier alpha value is -0.180. The van der Waals surface area contributed by atoms with Crippen molar-refractivity contribution >= 4 is 20.8 Å². The molecular formula is H25NO13S2. The van der Waals surface area contributed by atoms with Gasteiger partial charge in [0, 0.05) is 0 Å². The molecule has 0 aromatic rings. The van der Waals surface area contributed by atoms with Gasteiger partial charge in [0.2, 0.25) is 0 Å². The Bertz CT molecular complexity index is 97.1. The van der Waals surface area contributed by atoms with E-state index in [1.807, 2.05) is 0 Å². The van der Waals surface area contributed by atoms with Crippen molar-refractivity contribution < 1.29 is 67.7 Å². The first-order valence-electron chi connectivity index (χ1n) is 0.698. The molecule has 0 aliphatic carbocycles. The number of hydrogen-bond acceptors (Lipinski definition) is 3. The maximum Gasteiger partial charge on any atom is 0.316 e. The van der Waals surface area contributed by atoms with Crippen LogP contribution in [0.4, 0.5) is 0 Å². The molecule has 16 heavy (non-hydrogen) atoms. The zero-order chi connectivity index (χ0) is 4.50. The smallest absolute Gasteiger partial charge is 0.316 e. The van der Waals surface area contributed by atoms with E-state index < -0.39 is 9.15 Å². The Balaban J connectivity index is -0.00000000145. The second kappa shape index (κ2) is 83.6. The normalized spacial score (nSPS) is 3.62. The van der Waals surface area contributed by atoms with E-state index in [0.717, 1.165) is 0 Å². The first-order chi connectivity index (χ1) is 2.00. The van der Waals surface area contributed by atoms with Crippen LogP contribution in [-0.4, -0.2) is 67.7 Å². The van der Waals surface area contributed by atoms with E-state index in [4.69, 9.17) is 13.0 Å². The highest BCUT2D eigenvalue weighted by Crippen LogP contribution is 1.81. The summed E-state index contributed by atoms with van der Waals surface area (Å²) in [5, 5.41) is 0. The second-order valence-corrected chi connectivity index (χ2v) is 2.73. The van der Waals surface area contributed by atoms with Gasteiger partial charge >= 0.3 is 9.15 Å². The minimum absolute atomic E-state index is 0. The quantitative estimate of drug-likeness (QED) is 0.222. The first-order valence-corrected chi connectivity index (χ1v) is 3.19. The van der Waals surface area contributed by atoms with Gasteiger partial charge in [0.1, 0.15) is 0 Å². The molecule has 0 saturated heterocycles. The lowest BCUT2D eigenvalue weighted by Gasteiger charge is -1.67. The van der Waals surface area contributed by atoms with Gasteiger partial charge in [-0.3, -0.25) is 4.55 Å². The van der Waals surface area contributed by atoms with E-state index in [1.165, 1.54) is 0 Å². The fraction of sp³-hybridized carbons (Fsp3) is 0. The van der Waals surface area contributed by atoms with Gasteiger partial charge in [0.05, 0.1) is 0 Å². The highest BCUT2D eigenvalue weighted by Gasteiger charge is 1.83. The minimum Gasteiger partial charge on any atom is -0.412 e. The van der Waals surface area contributed by atoms with Crippen LogP contribution in [0.1, 0.15) is 0 Å². The summed E-state index contributed by atoms with van der Waals surface area (Å²) in [7, 11) is -3.97. The van der Waals surface area contributed by atoms with E-state index in [-0.39, 0.29) is 60.9 Å². The zero-order valence-corrected chi connectivity index (χ0v) is 9.54. The summed E-state index contributed by atoms with van der Waals surface area (Å²) < 4.78 is 25.5. The van der Waals surface area contributed by atoms with E-state index in [9.17, 15) is 0 Å². The van der Waals surface area contributed by atoms with Gasteiger partial charge < -0.3 is 60.9 Å². The molecule has 0 aliphatic heterocycles. The molecule has 0 aliphatic rings. The fourth-order valence-corrected chi connectivity index (χ4v) is 0. The molecular weight excluding hydrogens is 286 g/mol. The molecule has 0 saturated carbocycles. The van der Waals surface area contributed by atoms with Crippen LogP contribution < -0.4 is 6.15 Å². The summed E-state index contributed by atoms with van der Waals surface area (Å²) in [6, 6.07) is 0. The van der Waals surface area contributed by atoms with E-state index in [1.54, 1.807) is 0 Å². The molecule has 0 radical (unpaired) electrons. The van der Waals surface area contributed by atoms with Crippen LogP contribution in [0.15, 0.2) is 0 Å². The molecule has 0 bridgehead atoms. The molecule has 0 aromatic carbocycles. The third kappa shape index (κ3) is 70100. The average molecular weight is 311 g/mol. The molecule has 0 spiro atoms. The Labute approximate surface area is 95.5 Å². The standard InChI is InChI=1S/H3N.H2O3S2.10H2O/c;1-5(2,3)4;;;;;;;;;;/h1H3;(H2,1,2,3,4);10*1H2. The molecule has 24 N–H and O–H groups in total. The predicted octanol–water partition coefficient (Wildman–Crippen LogP) is -8.37. The summed E-state index contributed by atoms with van der Waals surface area (Å²) in [6.07, 6.45) is 0. The highest BCUT2D eigenvalue weighted by atomic mass is 33.1. The average Bonchev–Trinajstić information content (AvgIpc) is 0.722. The zero-order valence-electron chi connectivity index (χ0n) is 7.83. The lowest BCUT2D eigenvalue weighted by molar-refractivity contribution is 0.503. The summed E-state index contributed by atoms with van der Waals surface area (Å²) in [5.41, 5.74) is 0. The van der Waals surface area contributed by atoms with Crippen molar-refractivity contribution in [1.29, 1.82) is 0 Å². The molecule has 0 atom stereocenters. The van der Waals surface area contributed by atoms with Crippen LogP contribution in [0.3, 0.4) is 0 Å². The largest absolute Gasteiger partial charge is 0.412 e. The van der Waals surface area contributed by atoms with Crippen LogP contribution in [0, 0.1) is 0 Å². The third-order valence-corrected chi connectivity index (χ3v) is 0.